The van der Waals surface area contributed by atoms with Crippen molar-refractivity contribution in [3.8, 4) is 12.0 Å². The quantitative estimate of drug-likeness (QED) is 0.612. The van der Waals surface area contributed by atoms with Gasteiger partial charge >= 0.3 is 0 Å². The maximum atomic E-state index is 13.5. The molecule has 1 atom stereocenters. The molecule has 0 saturated carbocycles. The van der Waals surface area contributed by atoms with Crippen molar-refractivity contribution in [2.45, 2.75) is 65.0 Å². The van der Waals surface area contributed by atoms with E-state index in [2.05, 4.69) is 91.6 Å². The van der Waals surface area contributed by atoms with Gasteiger partial charge < -0.3 is 15.5 Å². The van der Waals surface area contributed by atoms with Gasteiger partial charge in [0.1, 0.15) is 6.04 Å². The number of benzene rings is 2. The number of piperidine rings is 1. The highest BCUT2D eigenvalue weighted by Gasteiger charge is 2.27. The van der Waals surface area contributed by atoms with Crippen molar-refractivity contribution in [2.75, 3.05) is 26.2 Å². The molecule has 1 unspecified atom stereocenters. The van der Waals surface area contributed by atoms with Crippen molar-refractivity contribution in [3.05, 3.63) is 81.7 Å². The van der Waals surface area contributed by atoms with E-state index in [1.165, 1.54) is 22.5 Å². The van der Waals surface area contributed by atoms with Gasteiger partial charge in [0, 0.05) is 61.6 Å². The molecule has 0 spiro atoms. The smallest absolute Gasteiger partial charge is 0.253 e. The number of likely N-dealkylation sites (tertiary alicyclic amines) is 1. The molecular weight excluding hydrogens is 444 g/mol. The van der Waals surface area contributed by atoms with Gasteiger partial charge in [0.05, 0.1) is 0 Å². The molecule has 0 bridgehead atoms. The Bertz CT molecular complexity index is 1210. The summed E-state index contributed by atoms with van der Waals surface area (Å²) in [5.74, 6) is 4.01. The minimum absolute atomic E-state index is 0.127. The lowest BCUT2D eigenvalue weighted by Gasteiger charge is -2.34. The van der Waals surface area contributed by atoms with Crippen LogP contribution in [0, 0.1) is 25.8 Å². The van der Waals surface area contributed by atoms with Crippen LogP contribution in [0.15, 0.2) is 53.9 Å². The van der Waals surface area contributed by atoms with Crippen LogP contribution in [0.1, 0.15) is 77.7 Å². The first-order valence-electron chi connectivity index (χ1n) is 13.3. The Morgan fingerprint density at radius 2 is 1.75 bits per heavy atom. The van der Waals surface area contributed by atoms with Crippen molar-refractivity contribution < 1.29 is 4.79 Å². The Kier molecular flexibility index (Phi) is 7.07. The number of carbonyl (C=O) groups excluding carboxylic acids is 1. The zero-order valence-electron chi connectivity index (χ0n) is 22.0. The fourth-order valence-electron chi connectivity index (χ4n) is 5.57. The minimum Gasteiger partial charge on any atom is -0.369 e. The Hall–Kier alpha value is -3.23. The van der Waals surface area contributed by atoms with Gasteiger partial charge in [-0.25, -0.2) is 0 Å². The Morgan fingerprint density at radius 3 is 2.47 bits per heavy atom. The summed E-state index contributed by atoms with van der Waals surface area (Å²) in [4.78, 5) is 18.0. The molecule has 1 fully saturated rings. The second-order valence-electron chi connectivity index (χ2n) is 10.8. The molecule has 1 saturated heterocycles. The average Bonchev–Trinajstić information content (AvgIpc) is 3.11. The summed E-state index contributed by atoms with van der Waals surface area (Å²) in [6.45, 7) is 12.2. The highest BCUT2D eigenvalue weighted by atomic mass is 16.2. The minimum atomic E-state index is -0.142. The number of carbonyl (C=O) groups is 1. The number of aryl methyl sites for hydroxylation is 2. The largest absolute Gasteiger partial charge is 0.369 e. The van der Waals surface area contributed by atoms with E-state index in [4.69, 9.17) is 0 Å². The van der Waals surface area contributed by atoms with Crippen molar-refractivity contribution in [3.63, 3.8) is 0 Å². The molecule has 36 heavy (non-hydrogen) atoms. The lowest BCUT2D eigenvalue weighted by molar-refractivity contribution is 0.0713. The van der Waals surface area contributed by atoms with E-state index in [1.807, 2.05) is 11.0 Å². The first-order chi connectivity index (χ1) is 17.4. The van der Waals surface area contributed by atoms with Gasteiger partial charge in [-0.2, -0.15) is 0 Å². The summed E-state index contributed by atoms with van der Waals surface area (Å²) >= 11 is 0. The lowest BCUT2D eigenvalue weighted by Crippen LogP contribution is -2.42. The van der Waals surface area contributed by atoms with Crippen molar-refractivity contribution in [1.29, 1.82) is 0 Å². The van der Waals surface area contributed by atoms with E-state index in [1.54, 1.807) is 0 Å². The molecule has 2 aromatic rings. The molecule has 1 amide bonds. The van der Waals surface area contributed by atoms with Gasteiger partial charge in [0.25, 0.3) is 5.91 Å². The summed E-state index contributed by atoms with van der Waals surface area (Å²) in [5, 5.41) is 7.04. The van der Waals surface area contributed by atoms with Crippen molar-refractivity contribution >= 4 is 5.91 Å². The van der Waals surface area contributed by atoms with Gasteiger partial charge in [-0.05, 0) is 75.3 Å². The Morgan fingerprint density at radius 1 is 1.00 bits per heavy atom. The SMILES string of the molecule is Cc1ccc(C2CCN(C(=O)c3ccc(C)c(C4C#CNC5=C(CN(C(C)C)CC5)N4)c3)CC2)cc1. The van der Waals surface area contributed by atoms with Crippen LogP contribution in [-0.2, 0) is 0 Å². The van der Waals surface area contributed by atoms with Crippen LogP contribution >= 0.6 is 0 Å². The summed E-state index contributed by atoms with van der Waals surface area (Å²) in [6.07, 6.45) is 2.99. The molecule has 2 aromatic carbocycles. The molecule has 0 radical (unpaired) electrons. The maximum absolute atomic E-state index is 13.5. The molecule has 3 heterocycles. The normalized spacial score (nSPS) is 20.7. The van der Waals surface area contributed by atoms with Gasteiger partial charge in [-0.1, -0.05) is 41.8 Å². The highest BCUT2D eigenvalue weighted by Crippen LogP contribution is 2.30. The molecule has 5 nitrogen and oxygen atoms in total. The molecule has 3 aliphatic heterocycles. The molecule has 0 aromatic heterocycles. The second-order valence-corrected chi connectivity index (χ2v) is 10.8. The standard InChI is InChI=1S/C31H38N4O/c1-21(2)35-18-14-29-30(20-35)33-28(11-15-32-29)27-19-26(10-7-23(27)4)31(36)34-16-12-25(13-17-34)24-8-5-22(3)6-9-24/h5-10,19,21,25,28,32-33H,12-14,16-18,20H2,1-4H3. The number of amides is 1. The lowest BCUT2D eigenvalue weighted by atomic mass is 9.88. The van der Waals surface area contributed by atoms with E-state index in [-0.39, 0.29) is 11.9 Å². The van der Waals surface area contributed by atoms with E-state index >= 15 is 0 Å². The van der Waals surface area contributed by atoms with E-state index in [9.17, 15) is 4.79 Å². The summed E-state index contributed by atoms with van der Waals surface area (Å²) in [6, 6.07) is 18.5. The first-order valence-corrected chi connectivity index (χ1v) is 13.3. The number of nitrogens with one attached hydrogen (secondary N) is 2. The zero-order chi connectivity index (χ0) is 25.2. The van der Waals surface area contributed by atoms with Gasteiger partial charge in [-0.15, -0.1) is 0 Å². The summed E-state index contributed by atoms with van der Waals surface area (Å²) < 4.78 is 0. The van der Waals surface area contributed by atoms with Crippen molar-refractivity contribution in [1.82, 2.24) is 20.4 Å². The average molecular weight is 483 g/mol. The number of hydrogen-bond acceptors (Lipinski definition) is 4. The van der Waals surface area contributed by atoms with Crippen LogP contribution in [0.3, 0.4) is 0 Å². The van der Waals surface area contributed by atoms with Crippen molar-refractivity contribution in [2.24, 2.45) is 0 Å². The number of rotatable bonds is 4. The van der Waals surface area contributed by atoms with Gasteiger partial charge in [0.15, 0.2) is 0 Å². The van der Waals surface area contributed by atoms with Crippen LogP contribution in [0.5, 0.6) is 0 Å². The van der Waals surface area contributed by atoms with E-state index < -0.39 is 0 Å². The molecule has 2 N–H and O–H groups in total. The van der Waals surface area contributed by atoms with Crippen LogP contribution < -0.4 is 10.6 Å². The fraction of sp³-hybridized carbons (Fsp3) is 0.452. The third-order valence-corrected chi connectivity index (χ3v) is 8.02. The Labute approximate surface area is 215 Å². The monoisotopic (exact) mass is 482 g/mol. The first kappa shape index (κ1) is 24.5. The maximum Gasteiger partial charge on any atom is 0.253 e. The molecule has 5 rings (SSSR count). The fourth-order valence-corrected chi connectivity index (χ4v) is 5.57. The zero-order valence-corrected chi connectivity index (χ0v) is 22.0. The summed E-state index contributed by atoms with van der Waals surface area (Å²) in [7, 11) is 0. The molecular formula is C31H38N4O. The van der Waals surface area contributed by atoms with Gasteiger partial charge in [0.2, 0.25) is 0 Å². The molecule has 0 aliphatic carbocycles. The number of nitrogens with zero attached hydrogens (tertiary/aromatic N) is 2. The third-order valence-electron chi connectivity index (χ3n) is 8.02. The topological polar surface area (TPSA) is 47.6 Å². The van der Waals surface area contributed by atoms with Gasteiger partial charge in [-0.3, -0.25) is 9.69 Å². The molecule has 188 valence electrons. The molecule has 3 aliphatic rings. The third kappa shape index (κ3) is 5.15. The Balaban J connectivity index is 1.29. The predicted molar refractivity (Wildman–Crippen MR) is 145 cm³/mol. The van der Waals surface area contributed by atoms with Crippen LogP contribution in [0.2, 0.25) is 0 Å². The molecule has 5 heteroatoms. The predicted octanol–water partition coefficient (Wildman–Crippen LogP) is 4.84. The van der Waals surface area contributed by atoms with E-state index in [0.29, 0.717) is 12.0 Å². The van der Waals surface area contributed by atoms with E-state index in [0.717, 1.165) is 62.1 Å². The number of hydrogen-bond donors (Lipinski definition) is 2. The second kappa shape index (κ2) is 10.4. The highest BCUT2D eigenvalue weighted by molar-refractivity contribution is 5.94. The van der Waals surface area contributed by atoms with Crippen LogP contribution in [-0.4, -0.2) is 47.9 Å². The van der Waals surface area contributed by atoms with Crippen LogP contribution in [0.25, 0.3) is 0 Å². The summed E-state index contributed by atoms with van der Waals surface area (Å²) in [5.41, 5.74) is 8.07. The van der Waals surface area contributed by atoms with Crippen LogP contribution in [0.4, 0.5) is 0 Å².